The maximum atomic E-state index is 13.0. The van der Waals surface area contributed by atoms with Crippen LogP contribution in [0.15, 0.2) is 41.3 Å². The quantitative estimate of drug-likeness (QED) is 0.660. The number of hydrogen-bond donors (Lipinski definition) is 2. The Morgan fingerprint density at radius 1 is 1.00 bits per heavy atom. The highest BCUT2D eigenvalue weighted by molar-refractivity contribution is 7.92. The number of hydrogen-bond acceptors (Lipinski definition) is 5. The van der Waals surface area contributed by atoms with E-state index in [1.165, 1.54) is 11.6 Å². The van der Waals surface area contributed by atoms with Gasteiger partial charge in [-0.15, -0.1) is 0 Å². The number of carbonyl (C=O) groups is 1. The lowest BCUT2D eigenvalue weighted by molar-refractivity contribution is 0.0697. The summed E-state index contributed by atoms with van der Waals surface area (Å²) in [7, 11) is -3.80. The predicted molar refractivity (Wildman–Crippen MR) is 126 cm³/mol. The highest BCUT2D eigenvalue weighted by atomic mass is 32.2. The zero-order valence-electron chi connectivity index (χ0n) is 18.5. The summed E-state index contributed by atoms with van der Waals surface area (Å²) in [5.41, 5.74) is 3.30. The van der Waals surface area contributed by atoms with Gasteiger partial charge < -0.3 is 10.0 Å². The fraction of sp³-hybridized carbons (Fsp3) is 0.458. The molecule has 1 fully saturated rings. The van der Waals surface area contributed by atoms with Crippen molar-refractivity contribution >= 4 is 27.4 Å². The van der Waals surface area contributed by atoms with Crippen molar-refractivity contribution in [3.63, 3.8) is 0 Å². The average Bonchev–Trinajstić information content (AvgIpc) is 2.79. The van der Waals surface area contributed by atoms with Crippen molar-refractivity contribution in [2.45, 2.75) is 43.9 Å². The van der Waals surface area contributed by atoms with Crippen LogP contribution in [0.3, 0.4) is 0 Å². The summed E-state index contributed by atoms with van der Waals surface area (Å²) in [6, 6.07) is 10.1. The molecule has 0 amide bonds. The van der Waals surface area contributed by atoms with Gasteiger partial charge in [-0.3, -0.25) is 9.62 Å². The Hall–Kier alpha value is -2.58. The van der Waals surface area contributed by atoms with E-state index >= 15 is 0 Å². The van der Waals surface area contributed by atoms with Crippen LogP contribution in [0, 0.1) is 0 Å². The lowest BCUT2D eigenvalue weighted by Crippen LogP contribution is -2.47. The van der Waals surface area contributed by atoms with Gasteiger partial charge in [0.1, 0.15) is 0 Å². The normalized spacial score (nSPS) is 17.1. The highest BCUT2D eigenvalue weighted by Crippen LogP contribution is 2.29. The molecule has 2 aliphatic rings. The lowest BCUT2D eigenvalue weighted by Gasteiger charge is -2.36. The molecule has 1 aliphatic heterocycles. The van der Waals surface area contributed by atoms with Gasteiger partial charge in [-0.25, -0.2) is 13.2 Å². The number of anilines is 2. The van der Waals surface area contributed by atoms with Crippen LogP contribution in [0.5, 0.6) is 0 Å². The third kappa shape index (κ3) is 4.91. The van der Waals surface area contributed by atoms with Crippen LogP contribution in [0.4, 0.5) is 11.4 Å². The second kappa shape index (κ2) is 9.50. The molecule has 4 rings (SSSR count). The fourth-order valence-corrected chi connectivity index (χ4v) is 5.77. The Kier molecular flexibility index (Phi) is 6.71. The first-order valence-corrected chi connectivity index (χ1v) is 12.8. The van der Waals surface area contributed by atoms with Gasteiger partial charge in [0, 0.05) is 31.9 Å². The van der Waals surface area contributed by atoms with E-state index in [1.54, 1.807) is 24.3 Å². The number of rotatable bonds is 7. The van der Waals surface area contributed by atoms with Crippen LogP contribution in [0.25, 0.3) is 0 Å². The van der Waals surface area contributed by atoms with Crippen molar-refractivity contribution in [2.24, 2.45) is 0 Å². The monoisotopic (exact) mass is 457 g/mol. The van der Waals surface area contributed by atoms with Crippen LogP contribution in [-0.2, 0) is 22.9 Å². The molecule has 7 nitrogen and oxygen atoms in total. The first-order chi connectivity index (χ1) is 15.4. The summed E-state index contributed by atoms with van der Waals surface area (Å²) in [5.74, 6) is -1.06. The molecule has 2 N–H and O–H groups in total. The van der Waals surface area contributed by atoms with Gasteiger partial charge in [0.05, 0.1) is 16.1 Å². The van der Waals surface area contributed by atoms with Crippen molar-refractivity contribution in [3.8, 4) is 0 Å². The Balaban J connectivity index is 1.54. The van der Waals surface area contributed by atoms with E-state index in [0.717, 1.165) is 70.4 Å². The summed E-state index contributed by atoms with van der Waals surface area (Å²) < 4.78 is 28.5. The number of aryl methyl sites for hydroxylation is 2. The van der Waals surface area contributed by atoms with Crippen molar-refractivity contribution in [1.29, 1.82) is 0 Å². The maximum absolute atomic E-state index is 13.0. The summed E-state index contributed by atoms with van der Waals surface area (Å²) in [6.45, 7) is 6.47. The number of piperazine rings is 1. The molecule has 8 heteroatoms. The van der Waals surface area contributed by atoms with E-state index in [2.05, 4.69) is 21.4 Å². The molecule has 2 aromatic carbocycles. The smallest absolute Gasteiger partial charge is 0.337 e. The molecular formula is C24H31N3O4S. The Bertz CT molecular complexity index is 1090. The number of carboxylic acids is 1. The predicted octanol–water partition coefficient (Wildman–Crippen LogP) is 3.60. The number of carboxylic acid groups (broad SMARTS) is 1. The molecule has 0 unspecified atom stereocenters. The highest BCUT2D eigenvalue weighted by Gasteiger charge is 2.23. The molecule has 172 valence electrons. The van der Waals surface area contributed by atoms with Gasteiger partial charge in [0.25, 0.3) is 10.0 Å². The Labute approximate surface area is 190 Å². The SMILES string of the molecule is CCCN1CCN(c2ccc(NS(=O)(=O)c3ccc4c(c3)CCCC4)cc2C(=O)O)CC1. The van der Waals surface area contributed by atoms with Gasteiger partial charge in [0.2, 0.25) is 0 Å². The molecule has 0 spiro atoms. The average molecular weight is 458 g/mol. The Morgan fingerprint density at radius 3 is 2.41 bits per heavy atom. The largest absolute Gasteiger partial charge is 0.478 e. The minimum absolute atomic E-state index is 0.111. The van der Waals surface area contributed by atoms with Gasteiger partial charge in [-0.05, 0) is 80.1 Å². The van der Waals surface area contributed by atoms with Crippen molar-refractivity contribution in [3.05, 3.63) is 53.1 Å². The van der Waals surface area contributed by atoms with Crippen LogP contribution < -0.4 is 9.62 Å². The van der Waals surface area contributed by atoms with E-state index in [9.17, 15) is 18.3 Å². The number of nitrogens with zero attached hydrogens (tertiary/aromatic N) is 2. The summed E-state index contributed by atoms with van der Waals surface area (Å²) in [5, 5.41) is 9.79. The van der Waals surface area contributed by atoms with Crippen LogP contribution in [0.1, 0.15) is 47.7 Å². The van der Waals surface area contributed by atoms with E-state index in [4.69, 9.17) is 0 Å². The zero-order valence-corrected chi connectivity index (χ0v) is 19.3. The summed E-state index contributed by atoms with van der Waals surface area (Å²) >= 11 is 0. The number of sulfonamides is 1. The lowest BCUT2D eigenvalue weighted by atomic mass is 9.92. The van der Waals surface area contributed by atoms with E-state index in [-0.39, 0.29) is 16.1 Å². The molecule has 1 saturated heterocycles. The van der Waals surface area contributed by atoms with Crippen LogP contribution in [-0.4, -0.2) is 57.1 Å². The molecule has 1 aliphatic carbocycles. The summed E-state index contributed by atoms with van der Waals surface area (Å²) in [6.07, 6.45) is 5.18. The molecule has 0 saturated carbocycles. The van der Waals surface area contributed by atoms with Gasteiger partial charge in [0.15, 0.2) is 0 Å². The molecule has 0 atom stereocenters. The summed E-state index contributed by atoms with van der Waals surface area (Å²) in [4.78, 5) is 16.6. The number of fused-ring (bicyclic) bond motifs is 1. The molecular weight excluding hydrogens is 426 g/mol. The third-order valence-corrected chi connectivity index (χ3v) is 7.74. The van der Waals surface area contributed by atoms with E-state index in [0.29, 0.717) is 5.69 Å². The molecule has 2 aromatic rings. The third-order valence-electron chi connectivity index (χ3n) is 6.36. The standard InChI is InChI=1S/C24H31N3O4S/c1-2-11-26-12-14-27(15-13-26)23-10-8-20(17-22(23)24(28)29)25-32(30,31)21-9-7-18-5-3-4-6-19(18)16-21/h7-10,16-17,25H,2-6,11-15H2,1H3,(H,28,29). The number of benzene rings is 2. The van der Waals surface area contributed by atoms with E-state index in [1.807, 2.05) is 6.07 Å². The molecule has 32 heavy (non-hydrogen) atoms. The fourth-order valence-electron chi connectivity index (χ4n) is 4.67. The number of nitrogens with one attached hydrogen (secondary N) is 1. The van der Waals surface area contributed by atoms with Gasteiger partial charge in [-0.2, -0.15) is 0 Å². The molecule has 0 aromatic heterocycles. The molecule has 0 bridgehead atoms. The topological polar surface area (TPSA) is 90.0 Å². The van der Waals surface area contributed by atoms with Crippen molar-refractivity contribution < 1.29 is 18.3 Å². The maximum Gasteiger partial charge on any atom is 0.337 e. The number of aromatic carboxylic acids is 1. The minimum atomic E-state index is -3.80. The molecule has 1 heterocycles. The van der Waals surface area contributed by atoms with Gasteiger partial charge >= 0.3 is 5.97 Å². The second-order valence-electron chi connectivity index (χ2n) is 8.61. The van der Waals surface area contributed by atoms with Crippen LogP contribution >= 0.6 is 0 Å². The first-order valence-electron chi connectivity index (χ1n) is 11.4. The first kappa shape index (κ1) is 22.6. The van der Waals surface area contributed by atoms with Crippen molar-refractivity contribution in [1.82, 2.24) is 4.90 Å². The molecule has 0 radical (unpaired) electrons. The van der Waals surface area contributed by atoms with Crippen LogP contribution in [0.2, 0.25) is 0 Å². The van der Waals surface area contributed by atoms with E-state index < -0.39 is 16.0 Å². The minimum Gasteiger partial charge on any atom is -0.478 e. The zero-order chi connectivity index (χ0) is 22.7. The second-order valence-corrected chi connectivity index (χ2v) is 10.3. The van der Waals surface area contributed by atoms with Crippen molar-refractivity contribution in [2.75, 3.05) is 42.3 Å². The van der Waals surface area contributed by atoms with Gasteiger partial charge in [-0.1, -0.05) is 13.0 Å². The Morgan fingerprint density at radius 2 is 1.72 bits per heavy atom.